The Morgan fingerprint density at radius 2 is 1.43 bits per heavy atom. The third-order valence-corrected chi connectivity index (χ3v) is 8.04. The van der Waals surface area contributed by atoms with Gasteiger partial charge in [0, 0.05) is 18.9 Å². The first-order valence-electron chi connectivity index (χ1n) is 16.0. The number of carbonyl (C=O) groups is 4. The minimum absolute atomic E-state index is 0.0190. The van der Waals surface area contributed by atoms with Crippen LogP contribution in [0, 0.1) is 19.8 Å². The zero-order valence-corrected chi connectivity index (χ0v) is 27.8. The van der Waals surface area contributed by atoms with Crippen molar-refractivity contribution in [3.63, 3.8) is 0 Å². The Balaban J connectivity index is 2.32. The van der Waals surface area contributed by atoms with Crippen molar-refractivity contribution in [1.82, 2.24) is 21.3 Å². The molecule has 3 amide bonds. The monoisotopic (exact) mass is 653 g/mol. The lowest BCUT2D eigenvalue weighted by atomic mass is 9.94. The predicted molar refractivity (Wildman–Crippen MR) is 182 cm³/mol. The Labute approximate surface area is 277 Å². The highest BCUT2D eigenvalue weighted by Crippen LogP contribution is 2.25. The minimum Gasteiger partial charge on any atom is -0.508 e. The zero-order valence-electron chi connectivity index (χ0n) is 27.8. The smallest absolute Gasteiger partial charge is 0.326 e. The van der Waals surface area contributed by atoms with Gasteiger partial charge >= 0.3 is 5.97 Å². The number of aromatic hydroxyl groups is 1. The van der Waals surface area contributed by atoms with Crippen molar-refractivity contribution >= 4 is 29.7 Å². The summed E-state index contributed by atoms with van der Waals surface area (Å²) in [6.45, 7) is 6.23. The van der Waals surface area contributed by atoms with Crippen LogP contribution in [-0.4, -0.2) is 78.1 Å². The highest BCUT2D eigenvalue weighted by atomic mass is 16.4. The molecule has 0 heterocycles. The number of phenols is 1. The van der Waals surface area contributed by atoms with Crippen LogP contribution in [0.2, 0.25) is 0 Å². The number of carboxylic acids is 1. The van der Waals surface area contributed by atoms with Crippen LogP contribution in [0.3, 0.4) is 0 Å². The van der Waals surface area contributed by atoms with E-state index < -0.39 is 41.8 Å². The summed E-state index contributed by atoms with van der Waals surface area (Å²) in [5, 5.41) is 31.5. The number of guanidine groups is 1. The summed E-state index contributed by atoms with van der Waals surface area (Å²) in [6, 6.07) is 9.42. The van der Waals surface area contributed by atoms with Gasteiger partial charge in [0.05, 0.1) is 0 Å². The molecule has 13 nitrogen and oxygen atoms in total. The topological polar surface area (TPSA) is 221 Å². The second-order valence-electron chi connectivity index (χ2n) is 11.9. The standard InChI is InChI=1S/C34H51N7O6/c1-21-15-16-29(42)23(3)25(21)20-28(32(45)40-27(33(46)47)14-10-18-38-34(35)36)41-31(44)26(13-8-9-17-37-4)39-30(43)22(2)19-24-11-6-5-7-12-24/h5-7,11-12,15-16,22,26-28,37,42H,8-10,13-14,17-20H2,1-4H3,(H,39,43)(H,40,45)(H,41,44)(H,46,47)(H4,35,36,38). The number of carbonyl (C=O) groups excluding carboxylic acids is 3. The summed E-state index contributed by atoms with van der Waals surface area (Å²) in [5.41, 5.74) is 13.6. The van der Waals surface area contributed by atoms with Gasteiger partial charge in [0.25, 0.3) is 0 Å². The average molecular weight is 654 g/mol. The van der Waals surface area contributed by atoms with Crippen LogP contribution >= 0.6 is 0 Å². The molecule has 0 aromatic heterocycles. The van der Waals surface area contributed by atoms with Crippen LogP contribution in [0.15, 0.2) is 47.5 Å². The molecule has 47 heavy (non-hydrogen) atoms. The Kier molecular flexibility index (Phi) is 16.2. The zero-order chi connectivity index (χ0) is 34.9. The van der Waals surface area contributed by atoms with Crippen LogP contribution < -0.4 is 32.7 Å². The molecule has 0 aliphatic carbocycles. The quantitative estimate of drug-likeness (QED) is 0.0587. The SMILES string of the molecule is CNCCCCC(NC(=O)C(C)Cc1ccccc1)C(=O)NC(Cc1c(C)ccc(O)c1C)C(=O)NC(CCCN=C(N)N)C(=O)O. The summed E-state index contributed by atoms with van der Waals surface area (Å²) in [5.74, 6) is -3.34. The van der Waals surface area contributed by atoms with E-state index in [-0.39, 0.29) is 37.0 Å². The van der Waals surface area contributed by atoms with E-state index in [1.54, 1.807) is 26.0 Å². The molecule has 0 saturated carbocycles. The Hall–Kier alpha value is -4.65. The number of amides is 3. The van der Waals surface area contributed by atoms with E-state index in [2.05, 4.69) is 26.3 Å². The van der Waals surface area contributed by atoms with Gasteiger partial charge in [0.2, 0.25) is 17.7 Å². The number of nitrogens with zero attached hydrogens (tertiary/aromatic N) is 1. The molecule has 0 aliphatic rings. The second kappa shape index (κ2) is 19.8. The summed E-state index contributed by atoms with van der Waals surface area (Å²) in [4.78, 5) is 56.7. The molecule has 0 aliphatic heterocycles. The highest BCUT2D eigenvalue weighted by Gasteiger charge is 2.31. The summed E-state index contributed by atoms with van der Waals surface area (Å²) in [6.07, 6.45) is 2.53. The first-order chi connectivity index (χ1) is 22.3. The number of nitrogens with two attached hydrogens (primary N) is 2. The van der Waals surface area contributed by atoms with E-state index in [0.29, 0.717) is 36.8 Å². The molecule has 0 fully saturated rings. The fourth-order valence-electron chi connectivity index (χ4n) is 5.21. The second-order valence-corrected chi connectivity index (χ2v) is 11.9. The van der Waals surface area contributed by atoms with Gasteiger partial charge in [-0.25, -0.2) is 4.79 Å². The fraction of sp³-hybridized carbons (Fsp3) is 0.500. The van der Waals surface area contributed by atoms with E-state index in [1.165, 1.54) is 0 Å². The number of phenolic OH excluding ortho intramolecular Hbond substituents is 1. The summed E-state index contributed by atoms with van der Waals surface area (Å²) >= 11 is 0. The fourth-order valence-corrected chi connectivity index (χ4v) is 5.21. The third kappa shape index (κ3) is 13.3. The molecule has 10 N–H and O–H groups in total. The van der Waals surface area contributed by atoms with E-state index >= 15 is 0 Å². The lowest BCUT2D eigenvalue weighted by Crippen LogP contribution is -2.57. The van der Waals surface area contributed by atoms with Crippen molar-refractivity contribution in [3.05, 3.63) is 64.7 Å². The Bertz CT molecular complexity index is 1360. The van der Waals surface area contributed by atoms with E-state index in [9.17, 15) is 29.4 Å². The molecule has 0 saturated heterocycles. The van der Waals surface area contributed by atoms with Gasteiger partial charge in [-0.05, 0) is 94.3 Å². The van der Waals surface area contributed by atoms with Crippen LogP contribution in [0.5, 0.6) is 5.75 Å². The van der Waals surface area contributed by atoms with E-state index in [1.807, 2.05) is 44.3 Å². The lowest BCUT2D eigenvalue weighted by Gasteiger charge is -2.26. The number of aryl methyl sites for hydroxylation is 1. The number of unbranched alkanes of at least 4 members (excludes halogenated alkanes) is 1. The minimum atomic E-state index is -1.27. The van der Waals surface area contributed by atoms with Crippen molar-refractivity contribution in [1.29, 1.82) is 0 Å². The number of aliphatic imine (C=N–C) groups is 1. The van der Waals surface area contributed by atoms with Crippen LogP contribution in [0.1, 0.15) is 61.3 Å². The Morgan fingerprint density at radius 3 is 2.06 bits per heavy atom. The van der Waals surface area contributed by atoms with Crippen LogP contribution in [0.25, 0.3) is 0 Å². The average Bonchev–Trinajstić information content (AvgIpc) is 3.03. The van der Waals surface area contributed by atoms with Crippen molar-refractivity contribution in [2.24, 2.45) is 22.4 Å². The van der Waals surface area contributed by atoms with Crippen LogP contribution in [-0.2, 0) is 32.0 Å². The number of hydrogen-bond donors (Lipinski definition) is 8. The Morgan fingerprint density at radius 1 is 0.809 bits per heavy atom. The maximum Gasteiger partial charge on any atom is 0.326 e. The number of aliphatic carboxylic acids is 1. The highest BCUT2D eigenvalue weighted by molar-refractivity contribution is 5.94. The van der Waals surface area contributed by atoms with Gasteiger partial charge < -0.3 is 42.9 Å². The predicted octanol–water partition coefficient (Wildman–Crippen LogP) is 1.41. The molecule has 258 valence electrons. The molecule has 2 aromatic carbocycles. The molecule has 2 aromatic rings. The molecule has 0 spiro atoms. The molecule has 13 heteroatoms. The van der Waals surface area contributed by atoms with Crippen molar-refractivity contribution in [3.8, 4) is 5.75 Å². The number of rotatable bonds is 20. The lowest BCUT2D eigenvalue weighted by molar-refractivity contribution is -0.142. The van der Waals surface area contributed by atoms with Crippen molar-refractivity contribution in [2.75, 3.05) is 20.1 Å². The summed E-state index contributed by atoms with van der Waals surface area (Å²) < 4.78 is 0. The first kappa shape index (κ1) is 38.5. The molecule has 2 rings (SSSR count). The van der Waals surface area contributed by atoms with Gasteiger partial charge in [-0.2, -0.15) is 0 Å². The summed E-state index contributed by atoms with van der Waals surface area (Å²) in [7, 11) is 1.83. The van der Waals surface area contributed by atoms with E-state index in [0.717, 1.165) is 24.1 Å². The molecule has 4 atom stereocenters. The molecule has 4 unspecified atom stereocenters. The normalized spacial score (nSPS) is 13.4. The number of hydrogen-bond acceptors (Lipinski definition) is 7. The van der Waals surface area contributed by atoms with Gasteiger partial charge in [-0.3, -0.25) is 19.4 Å². The van der Waals surface area contributed by atoms with Crippen LogP contribution in [0.4, 0.5) is 0 Å². The van der Waals surface area contributed by atoms with Crippen molar-refractivity contribution < 1.29 is 29.4 Å². The van der Waals surface area contributed by atoms with Gasteiger partial charge in [0.15, 0.2) is 5.96 Å². The molecule has 0 radical (unpaired) electrons. The van der Waals surface area contributed by atoms with Gasteiger partial charge in [-0.1, -0.05) is 43.3 Å². The number of benzene rings is 2. The maximum absolute atomic E-state index is 13.8. The van der Waals surface area contributed by atoms with E-state index in [4.69, 9.17) is 11.5 Å². The van der Waals surface area contributed by atoms with Crippen molar-refractivity contribution in [2.45, 2.75) is 83.8 Å². The van der Waals surface area contributed by atoms with Gasteiger partial charge in [-0.15, -0.1) is 0 Å². The number of nitrogens with one attached hydrogen (secondary N) is 4. The maximum atomic E-state index is 13.8. The molecular weight excluding hydrogens is 602 g/mol. The third-order valence-electron chi connectivity index (χ3n) is 8.04. The molecule has 0 bridgehead atoms. The largest absolute Gasteiger partial charge is 0.508 e. The molecular formula is C34H51N7O6. The number of carboxylic acid groups (broad SMARTS) is 1. The first-order valence-corrected chi connectivity index (χ1v) is 16.0. The van der Waals surface area contributed by atoms with Gasteiger partial charge in [0.1, 0.15) is 23.9 Å².